The number of cyclic esters (lactones) is 1. The third-order valence-electron chi connectivity index (χ3n) is 2.18. The molecule has 0 radical (unpaired) electrons. The van der Waals surface area contributed by atoms with E-state index >= 15 is 0 Å². The number of benzene rings is 1. The van der Waals surface area contributed by atoms with Crippen LogP contribution in [0.4, 0.5) is 4.79 Å². The number of nitrogens with zero attached hydrogens (tertiary/aromatic N) is 1. The zero-order chi connectivity index (χ0) is 12.4. The zero-order valence-electron chi connectivity index (χ0n) is 9.36. The average Bonchev–Trinajstić information content (AvgIpc) is 2.57. The van der Waals surface area contributed by atoms with Crippen molar-refractivity contribution in [1.29, 1.82) is 0 Å². The van der Waals surface area contributed by atoms with Gasteiger partial charge >= 0.3 is 6.09 Å². The van der Waals surface area contributed by atoms with Crippen LogP contribution in [0.2, 0.25) is 5.02 Å². The molecule has 1 saturated heterocycles. The van der Waals surface area contributed by atoms with Crippen LogP contribution in [0.25, 0.3) is 0 Å². The van der Waals surface area contributed by atoms with Gasteiger partial charge in [0.25, 0.3) is 5.88 Å². The summed E-state index contributed by atoms with van der Waals surface area (Å²) in [6.45, 7) is 1.87. The number of carbonyl (C=O) groups is 1. The first-order chi connectivity index (χ1) is 8.06. The number of ether oxygens (including phenoxy) is 2. The van der Waals surface area contributed by atoms with Gasteiger partial charge < -0.3 is 9.47 Å². The van der Waals surface area contributed by atoms with Crippen LogP contribution in [0.3, 0.4) is 0 Å². The van der Waals surface area contributed by atoms with E-state index in [1.807, 2.05) is 6.92 Å². The predicted octanol–water partition coefficient (Wildman–Crippen LogP) is 2.41. The molecule has 17 heavy (non-hydrogen) atoms. The first-order valence-corrected chi connectivity index (χ1v) is 5.29. The Morgan fingerprint density at radius 1 is 1.53 bits per heavy atom. The first kappa shape index (κ1) is 11.6. The minimum atomic E-state index is -0.479. The maximum absolute atomic E-state index is 11.0. The molecule has 1 aliphatic rings. The molecule has 1 aliphatic heterocycles. The second kappa shape index (κ2) is 4.55. The van der Waals surface area contributed by atoms with Crippen molar-refractivity contribution in [3.63, 3.8) is 0 Å². The highest BCUT2D eigenvalue weighted by atomic mass is 35.5. The Morgan fingerprint density at radius 3 is 2.88 bits per heavy atom. The number of rotatable bonds is 2. The van der Waals surface area contributed by atoms with E-state index in [1.165, 1.54) is 11.3 Å². The third kappa shape index (κ3) is 2.62. The minimum absolute atomic E-state index is 0.242. The Kier molecular flexibility index (Phi) is 3.10. The van der Waals surface area contributed by atoms with Gasteiger partial charge in [0.05, 0.1) is 0 Å². The Bertz CT molecular complexity index is 488. The molecule has 1 heterocycles. The molecule has 2 rings (SSSR count). The van der Waals surface area contributed by atoms with E-state index in [0.29, 0.717) is 10.8 Å². The molecule has 90 valence electrons. The molecule has 0 unspecified atom stereocenters. The summed E-state index contributed by atoms with van der Waals surface area (Å²) in [6.07, 6.45) is 0.852. The fourth-order valence-corrected chi connectivity index (χ4v) is 1.54. The van der Waals surface area contributed by atoms with Crippen LogP contribution in [0.5, 0.6) is 5.75 Å². The second-order valence-corrected chi connectivity index (χ2v) is 3.98. The number of amides is 1. The van der Waals surface area contributed by atoms with E-state index < -0.39 is 6.09 Å². The summed E-state index contributed by atoms with van der Waals surface area (Å²) in [4.78, 5) is 11.0. The van der Waals surface area contributed by atoms with E-state index in [9.17, 15) is 4.79 Å². The van der Waals surface area contributed by atoms with Crippen molar-refractivity contribution in [2.24, 2.45) is 0 Å². The number of carbonyl (C=O) groups excluding carboxylic acids is 1. The van der Waals surface area contributed by atoms with Gasteiger partial charge in [0.15, 0.2) is 6.26 Å². The summed E-state index contributed by atoms with van der Waals surface area (Å²) in [5, 5.41) is 1.86. The van der Waals surface area contributed by atoms with E-state index in [1.54, 1.807) is 25.2 Å². The Balaban J connectivity index is 2.07. The zero-order valence-corrected chi connectivity index (χ0v) is 10.1. The molecule has 0 aliphatic carbocycles. The molecule has 0 spiro atoms. The number of hydrogen-bond donors (Lipinski definition) is 1. The molecule has 0 atom stereocenters. The van der Waals surface area contributed by atoms with Crippen molar-refractivity contribution in [3.05, 3.63) is 40.9 Å². The number of aryl methyl sites for hydroxylation is 1. The lowest BCUT2D eigenvalue weighted by atomic mass is 10.2. The van der Waals surface area contributed by atoms with E-state index in [-0.39, 0.29) is 5.88 Å². The predicted molar refractivity (Wildman–Crippen MR) is 62.3 cm³/mol. The lowest BCUT2D eigenvalue weighted by molar-refractivity contribution is 0.171. The number of hydrazine groups is 1. The summed E-state index contributed by atoms with van der Waals surface area (Å²) in [5.74, 6) is 0.890. The van der Waals surface area contributed by atoms with Gasteiger partial charge in [-0.05, 0) is 30.7 Å². The summed E-state index contributed by atoms with van der Waals surface area (Å²) < 4.78 is 10.2. The van der Waals surface area contributed by atoms with Crippen LogP contribution in [-0.4, -0.2) is 18.1 Å². The smallest absolute Gasteiger partial charge is 0.435 e. The molecular weight excluding hydrogens is 244 g/mol. The maximum Gasteiger partial charge on any atom is 0.435 e. The third-order valence-corrected chi connectivity index (χ3v) is 2.41. The van der Waals surface area contributed by atoms with Gasteiger partial charge in [-0.1, -0.05) is 11.6 Å². The lowest BCUT2D eigenvalue weighted by Crippen LogP contribution is -2.28. The standard InChI is InChI=1S/C11H11ClN2O3/c1-7-5-8(12)3-4-9(7)16-6-10-13-14(2)11(15)17-10/h3-6,13H,1-2H3/b10-6+. The number of halogens is 1. The summed E-state index contributed by atoms with van der Waals surface area (Å²) >= 11 is 5.82. The monoisotopic (exact) mass is 254 g/mol. The SMILES string of the molecule is Cc1cc(Cl)ccc1O/C=C1\NN(C)C(=O)O1. The van der Waals surface area contributed by atoms with Gasteiger partial charge in [-0.2, -0.15) is 0 Å². The largest absolute Gasteiger partial charge is 0.459 e. The van der Waals surface area contributed by atoms with Crippen LogP contribution >= 0.6 is 11.6 Å². The van der Waals surface area contributed by atoms with Crippen molar-refractivity contribution >= 4 is 17.7 Å². The molecule has 1 aromatic rings. The Morgan fingerprint density at radius 2 is 2.29 bits per heavy atom. The van der Waals surface area contributed by atoms with Gasteiger partial charge in [-0.15, -0.1) is 0 Å². The molecule has 1 fully saturated rings. The molecule has 1 N–H and O–H groups in total. The van der Waals surface area contributed by atoms with E-state index in [4.69, 9.17) is 21.1 Å². The fourth-order valence-electron chi connectivity index (χ4n) is 1.31. The topological polar surface area (TPSA) is 50.8 Å². The van der Waals surface area contributed by atoms with Crippen molar-refractivity contribution < 1.29 is 14.3 Å². The number of nitrogens with one attached hydrogen (secondary N) is 1. The molecule has 1 amide bonds. The van der Waals surface area contributed by atoms with E-state index in [2.05, 4.69) is 5.43 Å². The summed E-state index contributed by atoms with van der Waals surface area (Å²) in [5.41, 5.74) is 3.57. The maximum atomic E-state index is 11.0. The van der Waals surface area contributed by atoms with Crippen LogP contribution in [0.1, 0.15) is 5.56 Å². The molecule has 1 aromatic carbocycles. The normalized spacial score (nSPS) is 17.0. The highest BCUT2D eigenvalue weighted by Crippen LogP contribution is 2.22. The lowest BCUT2D eigenvalue weighted by Gasteiger charge is -2.05. The first-order valence-electron chi connectivity index (χ1n) is 4.91. The van der Waals surface area contributed by atoms with Crippen LogP contribution in [0.15, 0.2) is 30.3 Å². The quantitative estimate of drug-likeness (QED) is 0.824. The Hall–Kier alpha value is -1.88. The van der Waals surface area contributed by atoms with E-state index in [0.717, 1.165) is 5.56 Å². The molecule has 0 bridgehead atoms. The van der Waals surface area contributed by atoms with Gasteiger partial charge in [0.1, 0.15) is 5.75 Å². The highest BCUT2D eigenvalue weighted by molar-refractivity contribution is 6.30. The van der Waals surface area contributed by atoms with Crippen molar-refractivity contribution in [1.82, 2.24) is 10.4 Å². The van der Waals surface area contributed by atoms with Gasteiger partial charge in [-0.25, -0.2) is 9.80 Å². The van der Waals surface area contributed by atoms with Gasteiger partial charge in [0.2, 0.25) is 0 Å². The van der Waals surface area contributed by atoms with Crippen molar-refractivity contribution in [2.45, 2.75) is 6.92 Å². The second-order valence-electron chi connectivity index (χ2n) is 3.55. The molecular formula is C11H11ClN2O3. The van der Waals surface area contributed by atoms with Crippen LogP contribution < -0.4 is 10.2 Å². The summed E-state index contributed by atoms with van der Waals surface area (Å²) in [7, 11) is 1.55. The van der Waals surface area contributed by atoms with Crippen molar-refractivity contribution in [2.75, 3.05) is 7.05 Å². The van der Waals surface area contributed by atoms with Crippen LogP contribution in [-0.2, 0) is 4.74 Å². The molecule has 0 aromatic heterocycles. The van der Waals surface area contributed by atoms with Gasteiger partial charge in [0, 0.05) is 12.1 Å². The Labute approximate surface area is 104 Å². The fraction of sp³-hybridized carbons (Fsp3) is 0.182. The highest BCUT2D eigenvalue weighted by Gasteiger charge is 2.22. The molecule has 6 heteroatoms. The minimum Gasteiger partial charge on any atom is -0.459 e. The molecule has 0 saturated carbocycles. The summed E-state index contributed by atoms with van der Waals surface area (Å²) in [6, 6.07) is 5.26. The van der Waals surface area contributed by atoms with Crippen LogP contribution in [0, 0.1) is 6.92 Å². The average molecular weight is 255 g/mol. The molecule has 5 nitrogen and oxygen atoms in total. The number of hydrogen-bond acceptors (Lipinski definition) is 4. The van der Waals surface area contributed by atoms with Crippen molar-refractivity contribution in [3.8, 4) is 5.75 Å². The van der Waals surface area contributed by atoms with Gasteiger partial charge in [-0.3, -0.25) is 5.43 Å².